The number of hydrogen-bond donors (Lipinski definition) is 0. The molecule has 0 heterocycles. The second-order valence-corrected chi connectivity index (χ2v) is 16.9. The Bertz CT molecular complexity index is 1300. The van der Waals surface area contributed by atoms with Crippen LogP contribution in [-0.4, -0.2) is 77.4 Å². The standard InChI is InChI=1S/C9H14O3.C8H14O4S.C8H14O3S.C7H10O/c1-6-3-4-9(11)8(6)5-12-7(2)10;1-6-3-4-8(9)7(6)5-12-13(2,10)11;1-6-3-4-8(9)7(6)5-12(2,10)11;1-5-3-4-7(8)6(5)2/h6,8H,3-5H2,1-2H3;6-7H,3-5H2,1-2H3;6-7H,3-5H2,1-2H3;5H,2-4H2,1H3. The number of rotatable bonds is 7. The van der Waals surface area contributed by atoms with Crippen molar-refractivity contribution in [1.82, 2.24) is 0 Å². The molecule has 11 nitrogen and oxygen atoms in total. The highest BCUT2D eigenvalue weighted by atomic mass is 32.2. The number of sulfone groups is 1. The second-order valence-electron chi connectivity index (χ2n) is 13.0. The summed E-state index contributed by atoms with van der Waals surface area (Å²) < 4.78 is 52.6. The molecule has 4 saturated carbocycles. The summed E-state index contributed by atoms with van der Waals surface area (Å²) in [7, 11) is -6.40. The first-order valence-corrected chi connectivity index (χ1v) is 19.5. The van der Waals surface area contributed by atoms with Crippen molar-refractivity contribution in [2.24, 2.45) is 41.4 Å². The van der Waals surface area contributed by atoms with Crippen LogP contribution in [0.1, 0.15) is 86.0 Å². The first-order chi connectivity index (χ1) is 20.6. The lowest BCUT2D eigenvalue weighted by Crippen LogP contribution is -2.22. The Hall–Kier alpha value is -2.25. The van der Waals surface area contributed by atoms with Crippen LogP contribution in [0.3, 0.4) is 0 Å². The van der Waals surface area contributed by atoms with Gasteiger partial charge in [0.15, 0.2) is 5.78 Å². The lowest BCUT2D eigenvalue weighted by atomic mass is 9.99. The molecule has 45 heavy (non-hydrogen) atoms. The SMILES string of the molecule is C=C1C(=O)CCC1C.CC(=O)OCC1C(=O)CCC1C.CC1CCC(=O)C1COS(C)(=O)=O.CC1CCC(=O)C1CS(C)(=O)=O. The summed E-state index contributed by atoms with van der Waals surface area (Å²) in [6, 6.07) is 0. The topological polar surface area (TPSA) is 172 Å². The Kier molecular flexibility index (Phi) is 16.5. The summed E-state index contributed by atoms with van der Waals surface area (Å²) >= 11 is 0. The smallest absolute Gasteiger partial charge is 0.302 e. The third-order valence-corrected chi connectivity index (χ3v) is 10.5. The Morgan fingerprint density at radius 1 is 0.711 bits per heavy atom. The average Bonchev–Trinajstić information content (AvgIpc) is 3.62. The Labute approximate surface area is 269 Å². The molecule has 7 unspecified atom stereocenters. The molecule has 0 aliphatic heterocycles. The van der Waals surface area contributed by atoms with E-state index in [4.69, 9.17) is 4.74 Å². The molecule has 0 radical (unpaired) electrons. The Balaban J connectivity index is 0.000000304. The van der Waals surface area contributed by atoms with Gasteiger partial charge in [0.1, 0.15) is 33.8 Å². The van der Waals surface area contributed by atoms with Crippen LogP contribution in [0.5, 0.6) is 0 Å². The fourth-order valence-corrected chi connectivity index (χ4v) is 7.24. The van der Waals surface area contributed by atoms with Crippen molar-refractivity contribution in [3.63, 3.8) is 0 Å². The zero-order valence-electron chi connectivity index (χ0n) is 27.8. The number of esters is 1. The van der Waals surface area contributed by atoms with Crippen LogP contribution >= 0.6 is 0 Å². The van der Waals surface area contributed by atoms with Crippen molar-refractivity contribution in [3.8, 4) is 0 Å². The van der Waals surface area contributed by atoms with E-state index in [9.17, 15) is 40.8 Å². The summed E-state index contributed by atoms with van der Waals surface area (Å²) in [6.07, 6.45) is 8.30. The molecule has 0 aromatic carbocycles. The van der Waals surface area contributed by atoms with E-state index in [1.165, 1.54) is 13.2 Å². The molecule has 0 aromatic heterocycles. The second kappa shape index (κ2) is 18.2. The summed E-state index contributed by atoms with van der Waals surface area (Å²) in [4.78, 5) is 54.8. The minimum atomic E-state index is -3.41. The van der Waals surface area contributed by atoms with Gasteiger partial charge < -0.3 is 4.74 Å². The van der Waals surface area contributed by atoms with Gasteiger partial charge in [-0.05, 0) is 54.9 Å². The minimum Gasteiger partial charge on any atom is -0.465 e. The van der Waals surface area contributed by atoms with Gasteiger partial charge in [-0.2, -0.15) is 8.42 Å². The van der Waals surface area contributed by atoms with Crippen LogP contribution in [0.15, 0.2) is 12.2 Å². The van der Waals surface area contributed by atoms with Gasteiger partial charge in [-0.25, -0.2) is 8.42 Å². The zero-order valence-corrected chi connectivity index (χ0v) is 29.5. The van der Waals surface area contributed by atoms with E-state index >= 15 is 0 Å². The molecule has 0 spiro atoms. The van der Waals surface area contributed by atoms with E-state index in [1.807, 2.05) is 27.7 Å². The van der Waals surface area contributed by atoms with Crippen molar-refractivity contribution >= 4 is 49.1 Å². The van der Waals surface area contributed by atoms with E-state index in [2.05, 4.69) is 10.8 Å². The molecule has 0 saturated heterocycles. The highest BCUT2D eigenvalue weighted by Gasteiger charge is 2.34. The molecule has 4 rings (SSSR count). The normalized spacial score (nSPS) is 29.8. The Morgan fingerprint density at radius 2 is 1.13 bits per heavy atom. The monoisotopic (exact) mass is 676 g/mol. The fourth-order valence-electron chi connectivity index (χ4n) is 5.68. The number of hydrogen-bond acceptors (Lipinski definition) is 11. The molecule has 4 aliphatic rings. The van der Waals surface area contributed by atoms with Crippen LogP contribution in [0.2, 0.25) is 0 Å². The number of carbonyl (C=O) groups is 5. The largest absolute Gasteiger partial charge is 0.465 e. The molecule has 0 amide bonds. The molecule has 0 bridgehead atoms. The van der Waals surface area contributed by atoms with E-state index in [1.54, 1.807) is 0 Å². The fraction of sp³-hybridized carbons (Fsp3) is 0.781. The van der Waals surface area contributed by atoms with Crippen LogP contribution in [0, 0.1) is 41.4 Å². The molecule has 4 aliphatic carbocycles. The lowest BCUT2D eigenvalue weighted by molar-refractivity contribution is -0.143. The maximum Gasteiger partial charge on any atom is 0.302 e. The lowest BCUT2D eigenvalue weighted by Gasteiger charge is -2.12. The molecule has 0 aromatic rings. The molecule has 0 N–H and O–H groups in total. The van der Waals surface area contributed by atoms with Crippen LogP contribution < -0.4 is 0 Å². The van der Waals surface area contributed by atoms with E-state index in [-0.39, 0.29) is 77.7 Å². The Morgan fingerprint density at radius 3 is 1.40 bits per heavy atom. The number of carbonyl (C=O) groups excluding carboxylic acids is 5. The van der Waals surface area contributed by atoms with Gasteiger partial charge in [-0.1, -0.05) is 34.3 Å². The molecule has 258 valence electrons. The molecule has 13 heteroatoms. The average molecular weight is 677 g/mol. The van der Waals surface area contributed by atoms with E-state index in [0.717, 1.165) is 43.9 Å². The number of Topliss-reactive ketones (excluding diaryl/α,β-unsaturated/α-hetero) is 4. The maximum absolute atomic E-state index is 11.2. The minimum absolute atomic E-state index is 0.0127. The quantitative estimate of drug-likeness (QED) is 0.217. The van der Waals surface area contributed by atoms with Gasteiger partial charge in [0.25, 0.3) is 10.1 Å². The van der Waals surface area contributed by atoms with Crippen molar-refractivity contribution < 1.29 is 49.7 Å². The van der Waals surface area contributed by atoms with Gasteiger partial charge in [0, 0.05) is 50.7 Å². The predicted octanol–water partition coefficient (Wildman–Crippen LogP) is 3.93. The molecule has 4 fully saturated rings. The van der Waals surface area contributed by atoms with Crippen molar-refractivity contribution in [3.05, 3.63) is 12.2 Å². The van der Waals surface area contributed by atoms with E-state index in [0.29, 0.717) is 31.1 Å². The number of allylic oxidation sites excluding steroid dienone is 1. The van der Waals surface area contributed by atoms with Crippen molar-refractivity contribution in [2.45, 2.75) is 86.0 Å². The number of ether oxygens (including phenoxy) is 1. The van der Waals surface area contributed by atoms with Gasteiger partial charge in [-0.15, -0.1) is 0 Å². The molecular formula is C32H52O11S2. The van der Waals surface area contributed by atoms with Gasteiger partial charge >= 0.3 is 5.97 Å². The third kappa shape index (κ3) is 15.3. The molecule has 7 atom stereocenters. The van der Waals surface area contributed by atoms with Crippen LogP contribution in [0.4, 0.5) is 0 Å². The summed E-state index contributed by atoms with van der Waals surface area (Å²) in [6.45, 7) is 13.3. The third-order valence-electron chi connectivity index (χ3n) is 9.01. The number of ketones is 4. The highest BCUT2D eigenvalue weighted by molar-refractivity contribution is 7.90. The molecular weight excluding hydrogens is 624 g/mol. The first kappa shape index (κ1) is 40.8. The predicted molar refractivity (Wildman–Crippen MR) is 170 cm³/mol. The van der Waals surface area contributed by atoms with Gasteiger partial charge in [-0.3, -0.25) is 28.2 Å². The van der Waals surface area contributed by atoms with Crippen molar-refractivity contribution in [2.75, 3.05) is 31.5 Å². The summed E-state index contributed by atoms with van der Waals surface area (Å²) in [5.41, 5.74) is 0.824. The summed E-state index contributed by atoms with van der Waals surface area (Å²) in [5.74, 6) is 1.27. The van der Waals surface area contributed by atoms with Crippen LogP contribution in [-0.2, 0) is 52.8 Å². The summed E-state index contributed by atoms with van der Waals surface area (Å²) in [5, 5.41) is 0. The van der Waals surface area contributed by atoms with Crippen molar-refractivity contribution in [1.29, 1.82) is 0 Å². The van der Waals surface area contributed by atoms with Gasteiger partial charge in [0.05, 0.1) is 24.5 Å². The van der Waals surface area contributed by atoms with E-state index < -0.39 is 20.0 Å². The first-order valence-electron chi connectivity index (χ1n) is 15.6. The van der Waals surface area contributed by atoms with Crippen LogP contribution in [0.25, 0.3) is 0 Å². The highest BCUT2D eigenvalue weighted by Crippen LogP contribution is 2.30. The zero-order chi connectivity index (χ0) is 34.7. The maximum atomic E-state index is 11.2. The van der Waals surface area contributed by atoms with Gasteiger partial charge in [0.2, 0.25) is 0 Å².